The number of amides is 1. The highest BCUT2D eigenvalue weighted by molar-refractivity contribution is 9.10. The molecule has 0 aliphatic carbocycles. The molecule has 1 amide bonds. The molecule has 1 atom stereocenters. The summed E-state index contributed by atoms with van der Waals surface area (Å²) in [5, 5.41) is 9.87. The molecule has 1 fully saturated rings. The summed E-state index contributed by atoms with van der Waals surface area (Å²) in [4.78, 5) is 14.2. The third-order valence-electron chi connectivity index (χ3n) is 3.63. The van der Waals surface area contributed by atoms with Crippen molar-refractivity contribution in [3.63, 3.8) is 0 Å². The molecule has 2 rings (SSSR count). The summed E-state index contributed by atoms with van der Waals surface area (Å²) in [6.07, 6.45) is 1.85. The van der Waals surface area contributed by atoms with Gasteiger partial charge in [-0.25, -0.2) is 0 Å². The Hall–Kier alpha value is -1.07. The van der Waals surface area contributed by atoms with E-state index in [0.29, 0.717) is 18.7 Å². The number of phenols is 1. The molecule has 1 aliphatic heterocycles. The first-order chi connectivity index (χ1) is 8.95. The third-order valence-corrected chi connectivity index (χ3v) is 4.12. The van der Waals surface area contributed by atoms with E-state index in [0.717, 1.165) is 17.3 Å². The van der Waals surface area contributed by atoms with Crippen LogP contribution in [0.4, 0.5) is 0 Å². The molecule has 0 radical (unpaired) electrons. The number of aromatic hydroxyl groups is 1. The summed E-state index contributed by atoms with van der Waals surface area (Å²) >= 11 is 3.27. The number of benzene rings is 1. The second kappa shape index (κ2) is 5.51. The highest BCUT2D eigenvalue weighted by atomic mass is 79.9. The van der Waals surface area contributed by atoms with Crippen LogP contribution in [0.15, 0.2) is 22.7 Å². The Balaban J connectivity index is 2.19. The van der Waals surface area contributed by atoms with Crippen LogP contribution in [0.25, 0.3) is 0 Å². The zero-order valence-corrected chi connectivity index (χ0v) is 12.7. The van der Waals surface area contributed by atoms with Crippen LogP contribution in [0, 0.1) is 0 Å². The number of hydrogen-bond donors (Lipinski definition) is 1. The fraction of sp³-hybridized carbons (Fsp3) is 0.500. The molecule has 104 valence electrons. The summed E-state index contributed by atoms with van der Waals surface area (Å²) in [5.41, 5.74) is 0.0439. The minimum Gasteiger partial charge on any atom is -0.507 e. The van der Waals surface area contributed by atoms with Gasteiger partial charge in [-0.2, -0.15) is 0 Å². The van der Waals surface area contributed by atoms with Gasteiger partial charge in [0.1, 0.15) is 5.75 Å². The van der Waals surface area contributed by atoms with Crippen LogP contribution in [0.3, 0.4) is 0 Å². The molecule has 0 unspecified atom stereocenters. The highest BCUT2D eigenvalue weighted by Gasteiger charge is 2.33. The zero-order chi connectivity index (χ0) is 14.0. The molecule has 1 saturated heterocycles. The van der Waals surface area contributed by atoms with Crippen molar-refractivity contribution in [1.82, 2.24) is 4.90 Å². The van der Waals surface area contributed by atoms with E-state index < -0.39 is 0 Å². The molecule has 0 aromatic heterocycles. The average Bonchev–Trinajstić information content (AvgIpc) is 2.38. The van der Waals surface area contributed by atoms with Crippen LogP contribution in [0.5, 0.6) is 5.75 Å². The van der Waals surface area contributed by atoms with Crippen molar-refractivity contribution in [3.05, 3.63) is 28.2 Å². The Bertz CT molecular complexity index is 492. The lowest BCUT2D eigenvalue weighted by atomic mass is 9.94. The van der Waals surface area contributed by atoms with Crippen LogP contribution in [0.1, 0.15) is 30.1 Å². The number of hydrogen-bond acceptors (Lipinski definition) is 3. The normalized spacial score (nSPS) is 23.4. The number of carbonyl (C=O) groups excluding carboxylic acids is 1. The van der Waals surface area contributed by atoms with Crippen molar-refractivity contribution in [2.24, 2.45) is 0 Å². The minimum absolute atomic E-state index is 0.00377. The van der Waals surface area contributed by atoms with E-state index >= 15 is 0 Å². The fourth-order valence-corrected chi connectivity index (χ4v) is 2.75. The standard InChI is InChI=1S/C14H18BrNO3/c1-14(19-2)6-3-7-16(9-14)13(18)11-5-4-10(15)8-12(11)17/h4-5,8,17H,3,6-7,9H2,1-2H3/t14-/m1/s1. The van der Waals surface area contributed by atoms with E-state index in [1.54, 1.807) is 24.1 Å². The summed E-state index contributed by atoms with van der Waals surface area (Å²) in [7, 11) is 1.67. The van der Waals surface area contributed by atoms with E-state index in [-0.39, 0.29) is 17.3 Å². The lowest BCUT2D eigenvalue weighted by Gasteiger charge is -2.39. The van der Waals surface area contributed by atoms with Gasteiger partial charge in [-0.1, -0.05) is 15.9 Å². The minimum atomic E-state index is -0.293. The number of halogens is 1. The van der Waals surface area contributed by atoms with Gasteiger partial charge in [0.2, 0.25) is 0 Å². The second-order valence-electron chi connectivity index (χ2n) is 5.15. The van der Waals surface area contributed by atoms with Crippen LogP contribution >= 0.6 is 15.9 Å². The number of piperidine rings is 1. The molecule has 1 aromatic rings. The van der Waals surface area contributed by atoms with Gasteiger partial charge >= 0.3 is 0 Å². The van der Waals surface area contributed by atoms with Gasteiger partial charge in [0, 0.05) is 24.7 Å². The second-order valence-corrected chi connectivity index (χ2v) is 6.06. The average molecular weight is 328 g/mol. The molecule has 1 aromatic carbocycles. The molecule has 0 spiro atoms. The van der Waals surface area contributed by atoms with Crippen molar-refractivity contribution in [2.45, 2.75) is 25.4 Å². The molecular weight excluding hydrogens is 310 g/mol. The Kier molecular flexibility index (Phi) is 4.16. The molecule has 4 nitrogen and oxygen atoms in total. The smallest absolute Gasteiger partial charge is 0.257 e. The first kappa shape index (κ1) is 14.3. The van der Waals surface area contributed by atoms with Crippen molar-refractivity contribution in [1.29, 1.82) is 0 Å². The first-order valence-electron chi connectivity index (χ1n) is 6.28. The van der Waals surface area contributed by atoms with Gasteiger partial charge in [-0.05, 0) is 38.0 Å². The Morgan fingerprint density at radius 1 is 1.53 bits per heavy atom. The fourth-order valence-electron chi connectivity index (χ4n) is 2.40. The molecule has 0 bridgehead atoms. The lowest BCUT2D eigenvalue weighted by molar-refractivity contribution is -0.0440. The number of carbonyl (C=O) groups is 1. The topological polar surface area (TPSA) is 49.8 Å². The van der Waals surface area contributed by atoms with Crippen LogP contribution in [-0.4, -0.2) is 41.7 Å². The molecule has 1 N–H and O–H groups in total. The van der Waals surface area contributed by atoms with Crippen LogP contribution in [-0.2, 0) is 4.74 Å². The summed E-state index contributed by atoms with van der Waals surface area (Å²) in [6, 6.07) is 4.93. The molecule has 0 saturated carbocycles. The SMILES string of the molecule is CO[C@]1(C)CCCN(C(=O)c2ccc(Br)cc2O)C1. The largest absolute Gasteiger partial charge is 0.507 e. The van der Waals surface area contributed by atoms with Crippen LogP contribution < -0.4 is 0 Å². The predicted molar refractivity (Wildman–Crippen MR) is 76.4 cm³/mol. The Morgan fingerprint density at radius 2 is 2.26 bits per heavy atom. The Morgan fingerprint density at radius 3 is 2.89 bits per heavy atom. The van der Waals surface area contributed by atoms with Crippen molar-refractivity contribution in [3.8, 4) is 5.75 Å². The molecule has 1 aliphatic rings. The number of nitrogens with zero attached hydrogens (tertiary/aromatic N) is 1. The number of ether oxygens (including phenoxy) is 1. The van der Waals surface area contributed by atoms with Crippen molar-refractivity contribution in [2.75, 3.05) is 20.2 Å². The quantitative estimate of drug-likeness (QED) is 0.908. The van der Waals surface area contributed by atoms with E-state index in [9.17, 15) is 9.90 Å². The number of phenolic OH excluding ortho intramolecular Hbond substituents is 1. The number of rotatable bonds is 2. The van der Waals surface area contributed by atoms with Gasteiger partial charge in [0.25, 0.3) is 5.91 Å². The Labute approximate surface area is 121 Å². The maximum absolute atomic E-state index is 12.4. The summed E-state index contributed by atoms with van der Waals surface area (Å²) < 4.78 is 6.23. The molecular formula is C14H18BrNO3. The maximum atomic E-state index is 12.4. The van der Waals surface area contributed by atoms with Gasteiger partial charge in [-0.3, -0.25) is 4.79 Å². The lowest BCUT2D eigenvalue weighted by Crippen LogP contribution is -2.49. The predicted octanol–water partition coefficient (Wildman–Crippen LogP) is 2.80. The van der Waals surface area contributed by atoms with E-state index in [1.165, 1.54) is 6.07 Å². The molecule has 1 heterocycles. The molecule has 5 heteroatoms. The van der Waals surface area contributed by atoms with Gasteiger partial charge in [0.15, 0.2) is 0 Å². The zero-order valence-electron chi connectivity index (χ0n) is 11.1. The number of methoxy groups -OCH3 is 1. The number of likely N-dealkylation sites (tertiary alicyclic amines) is 1. The van der Waals surface area contributed by atoms with Crippen LogP contribution in [0.2, 0.25) is 0 Å². The van der Waals surface area contributed by atoms with E-state index in [4.69, 9.17) is 4.74 Å². The van der Waals surface area contributed by atoms with Gasteiger partial charge < -0.3 is 14.7 Å². The van der Waals surface area contributed by atoms with Gasteiger partial charge in [-0.15, -0.1) is 0 Å². The summed E-state index contributed by atoms with van der Waals surface area (Å²) in [5.74, 6) is -0.142. The van der Waals surface area contributed by atoms with Crippen molar-refractivity contribution < 1.29 is 14.6 Å². The van der Waals surface area contributed by atoms with Gasteiger partial charge in [0.05, 0.1) is 11.2 Å². The van der Waals surface area contributed by atoms with E-state index in [1.807, 2.05) is 6.92 Å². The maximum Gasteiger partial charge on any atom is 0.257 e. The monoisotopic (exact) mass is 327 g/mol. The third kappa shape index (κ3) is 3.09. The van der Waals surface area contributed by atoms with Crippen molar-refractivity contribution >= 4 is 21.8 Å². The first-order valence-corrected chi connectivity index (χ1v) is 7.07. The highest BCUT2D eigenvalue weighted by Crippen LogP contribution is 2.28. The summed E-state index contributed by atoms with van der Waals surface area (Å²) in [6.45, 7) is 3.26. The van der Waals surface area contributed by atoms with E-state index in [2.05, 4.69) is 15.9 Å². The molecule has 19 heavy (non-hydrogen) atoms.